The van der Waals surface area contributed by atoms with Gasteiger partial charge in [-0.25, -0.2) is 23.9 Å². The van der Waals surface area contributed by atoms with Gasteiger partial charge in [0.2, 0.25) is 0 Å². The molecule has 226 valence electrons. The number of halogens is 1. The smallest absolute Gasteiger partial charge is 0.284 e. The number of ether oxygens (including phenoxy) is 3. The van der Waals surface area contributed by atoms with Crippen LogP contribution in [0.2, 0.25) is 0 Å². The molecule has 1 aliphatic rings. The minimum Gasteiger partial charge on any atom is -0.494 e. The first-order valence-corrected chi connectivity index (χ1v) is 13.7. The zero-order valence-electron chi connectivity index (χ0n) is 27.2. The number of pyridine rings is 1. The molecule has 4 heterocycles. The number of likely N-dealkylation sites (N-methyl/N-ethyl adjacent to an activating group) is 1. The lowest BCUT2D eigenvalue weighted by Crippen LogP contribution is -2.24. The number of methoxy groups -OCH3 is 2. The first kappa shape index (κ1) is 25.2. The fourth-order valence-electron chi connectivity index (χ4n) is 5.00. The van der Waals surface area contributed by atoms with E-state index < -0.39 is 24.8 Å². The van der Waals surface area contributed by atoms with E-state index in [1.807, 2.05) is 13.0 Å². The molecule has 1 atom stereocenters. The van der Waals surface area contributed by atoms with Crippen molar-refractivity contribution in [2.24, 2.45) is 0 Å². The van der Waals surface area contributed by atoms with Gasteiger partial charge in [0.1, 0.15) is 41.5 Å². The van der Waals surface area contributed by atoms with Crippen LogP contribution in [0.4, 0.5) is 21.6 Å². The zero-order chi connectivity index (χ0) is 33.3. The van der Waals surface area contributed by atoms with Crippen molar-refractivity contribution in [3.05, 3.63) is 72.7 Å². The van der Waals surface area contributed by atoms with Crippen molar-refractivity contribution in [1.82, 2.24) is 29.5 Å². The van der Waals surface area contributed by atoms with E-state index in [1.54, 1.807) is 41.0 Å². The Morgan fingerprint density at radius 3 is 2.73 bits per heavy atom. The van der Waals surface area contributed by atoms with Crippen LogP contribution in [0.1, 0.15) is 22.5 Å². The molecule has 2 N–H and O–H groups in total. The number of anilines is 3. The number of amides is 1. The molecule has 3 aromatic heterocycles. The molecule has 0 saturated carbocycles. The predicted octanol–water partition coefficient (Wildman–Crippen LogP) is 5.42. The highest BCUT2D eigenvalue weighted by molar-refractivity contribution is 6.05. The summed E-state index contributed by atoms with van der Waals surface area (Å²) >= 11 is 0. The van der Waals surface area contributed by atoms with Crippen LogP contribution in [-0.4, -0.2) is 69.2 Å². The van der Waals surface area contributed by atoms with E-state index in [2.05, 4.69) is 30.7 Å². The Hall–Kier alpha value is -5.30. The number of aromatic nitrogens is 5. The molecule has 0 bridgehead atoms. The number of rotatable bonds is 9. The highest BCUT2D eigenvalue weighted by atomic mass is 19.1. The van der Waals surface area contributed by atoms with Gasteiger partial charge in [-0.15, -0.1) is 0 Å². The van der Waals surface area contributed by atoms with Gasteiger partial charge in [-0.05, 0) is 63.1 Å². The molecule has 1 fully saturated rings. The van der Waals surface area contributed by atoms with E-state index >= 15 is 4.39 Å². The second-order valence-corrected chi connectivity index (χ2v) is 10.1. The highest BCUT2D eigenvalue weighted by Gasteiger charge is 2.22. The minimum absolute atomic E-state index is 0.169. The van der Waals surface area contributed by atoms with Gasteiger partial charge in [-0.3, -0.25) is 9.69 Å². The summed E-state index contributed by atoms with van der Waals surface area (Å²) in [5.74, 6) is 0.0918. The van der Waals surface area contributed by atoms with E-state index in [-0.39, 0.29) is 11.4 Å². The number of hydrogen-bond acceptors (Lipinski definition) is 10. The Bertz CT molecular complexity index is 2000. The normalized spacial score (nSPS) is 16.8. The van der Waals surface area contributed by atoms with Crippen LogP contribution in [0.25, 0.3) is 16.6 Å². The van der Waals surface area contributed by atoms with Gasteiger partial charge in [-0.1, -0.05) is 0 Å². The van der Waals surface area contributed by atoms with Gasteiger partial charge in [0.05, 0.1) is 31.1 Å². The first-order chi connectivity index (χ1) is 22.5. The van der Waals surface area contributed by atoms with Gasteiger partial charge in [0.25, 0.3) is 5.91 Å². The van der Waals surface area contributed by atoms with Crippen LogP contribution in [-0.2, 0) is 4.79 Å². The summed E-state index contributed by atoms with van der Waals surface area (Å²) in [4.78, 5) is 27.1. The number of aryl methyl sites for hydroxylation is 1. The molecule has 12 nitrogen and oxygen atoms in total. The van der Waals surface area contributed by atoms with E-state index in [9.17, 15) is 4.79 Å². The Kier molecular flexibility index (Phi) is 6.95. The summed E-state index contributed by atoms with van der Waals surface area (Å²) in [6.45, 7) is -0.209. The van der Waals surface area contributed by atoms with Crippen LogP contribution >= 0.6 is 0 Å². The van der Waals surface area contributed by atoms with Crippen molar-refractivity contribution in [3.63, 3.8) is 0 Å². The van der Waals surface area contributed by atoms with Gasteiger partial charge in [0, 0.05) is 39.9 Å². The molecule has 6 rings (SSSR count). The third-order valence-corrected chi connectivity index (χ3v) is 7.29. The average Bonchev–Trinajstić information content (AvgIpc) is 3.72. The number of carbonyl (C=O) groups is 1. The van der Waals surface area contributed by atoms with Crippen LogP contribution in [0, 0.1) is 6.92 Å². The predicted molar refractivity (Wildman–Crippen MR) is 164 cm³/mol. The van der Waals surface area contributed by atoms with Gasteiger partial charge >= 0.3 is 0 Å². The van der Waals surface area contributed by atoms with E-state index in [1.165, 1.54) is 31.8 Å². The van der Waals surface area contributed by atoms with E-state index in [4.69, 9.17) is 18.3 Å². The summed E-state index contributed by atoms with van der Waals surface area (Å²) in [5.41, 5.74) is 2.68. The molecule has 2 aromatic carbocycles. The van der Waals surface area contributed by atoms with Crippen molar-refractivity contribution in [3.8, 4) is 23.0 Å². The lowest BCUT2D eigenvalue weighted by molar-refractivity contribution is -0.114. The number of nitrogens with zero attached hydrogens (tertiary/aromatic N) is 6. The lowest BCUT2D eigenvalue weighted by atomic mass is 10.1. The molecule has 1 unspecified atom stereocenters. The topological polar surface area (TPSA) is 128 Å². The summed E-state index contributed by atoms with van der Waals surface area (Å²) in [6.07, 6.45) is 6.65. The molecule has 0 radical (unpaired) electrons. The van der Waals surface area contributed by atoms with Crippen molar-refractivity contribution in [2.45, 2.75) is 25.8 Å². The SMILES string of the molecule is [2H]C([2H])([2H])N1CCCC1C=C(F)C(=O)Nc1cc2c(Nc3cc(C)c(Oc4ccn5ncnc5c4)cc3OC)ncnc2cc1OC. The second kappa shape index (κ2) is 12.1. The standard InChI is InChI=1S/C31H31FN8O4/c1-18-10-24(28(43-4)15-26(18)44-20-7-9-40-29(12-20)34-17-36-40)37-30-21-13-25(27(42-3)14-23(21)33-16-35-30)38-31(41)22(32)11-19-6-5-8-39(19)2/h7,9-17,19H,5-6,8H2,1-4H3,(H,38,41)(H,33,35,37)/i2D3. The summed E-state index contributed by atoms with van der Waals surface area (Å²) in [6, 6.07) is 9.59. The largest absolute Gasteiger partial charge is 0.494 e. The number of nitrogens with one attached hydrogen (secondary N) is 2. The van der Waals surface area contributed by atoms with Crippen LogP contribution in [0.3, 0.4) is 0 Å². The minimum atomic E-state index is -2.39. The van der Waals surface area contributed by atoms with Crippen molar-refractivity contribution >= 4 is 39.6 Å². The van der Waals surface area contributed by atoms with Crippen LogP contribution in [0.5, 0.6) is 23.0 Å². The van der Waals surface area contributed by atoms with E-state index in [0.29, 0.717) is 64.7 Å². The van der Waals surface area contributed by atoms with Crippen molar-refractivity contribution in [2.75, 3.05) is 38.4 Å². The number of likely N-dealkylation sites (tertiary alicyclic amines) is 1. The summed E-state index contributed by atoms with van der Waals surface area (Å²) < 4.78 is 57.0. The van der Waals surface area contributed by atoms with Gasteiger partial charge in [0.15, 0.2) is 11.5 Å². The number of hydrogen-bond donors (Lipinski definition) is 2. The fourth-order valence-corrected chi connectivity index (χ4v) is 5.00. The van der Waals surface area contributed by atoms with Crippen molar-refractivity contribution < 1.29 is 27.5 Å². The molecule has 44 heavy (non-hydrogen) atoms. The quantitative estimate of drug-likeness (QED) is 0.211. The summed E-state index contributed by atoms with van der Waals surface area (Å²) in [5, 5.41) is 10.4. The molecular formula is C31H31FN8O4. The molecule has 1 aliphatic heterocycles. The molecule has 5 aromatic rings. The van der Waals surface area contributed by atoms with Crippen molar-refractivity contribution in [1.29, 1.82) is 0 Å². The Morgan fingerprint density at radius 2 is 1.91 bits per heavy atom. The molecule has 0 spiro atoms. The third-order valence-electron chi connectivity index (χ3n) is 7.29. The molecule has 13 heteroatoms. The molecule has 1 saturated heterocycles. The van der Waals surface area contributed by atoms with E-state index in [0.717, 1.165) is 11.6 Å². The summed E-state index contributed by atoms with van der Waals surface area (Å²) in [7, 11) is 2.95. The lowest BCUT2D eigenvalue weighted by Gasteiger charge is -2.17. The van der Waals surface area contributed by atoms with Gasteiger partial charge < -0.3 is 24.8 Å². The van der Waals surface area contributed by atoms with Crippen LogP contribution in [0.15, 0.2) is 67.2 Å². The first-order valence-electron chi connectivity index (χ1n) is 15.2. The Morgan fingerprint density at radius 1 is 1.07 bits per heavy atom. The molecule has 1 amide bonds. The van der Waals surface area contributed by atoms with Gasteiger partial charge in [-0.2, -0.15) is 5.10 Å². The second-order valence-electron chi connectivity index (χ2n) is 10.1. The zero-order valence-corrected chi connectivity index (χ0v) is 24.2. The Balaban J connectivity index is 1.27. The molecule has 0 aliphatic carbocycles. The van der Waals surface area contributed by atoms with Crippen LogP contribution < -0.4 is 24.8 Å². The third kappa shape index (κ3) is 5.81. The maximum absolute atomic E-state index is 15.1. The number of carbonyl (C=O) groups excluding carboxylic acids is 1. The number of fused-ring (bicyclic) bond motifs is 2. The maximum atomic E-state index is 15.1. The number of benzene rings is 2. The molecular weight excluding hydrogens is 567 g/mol. The fraction of sp³-hybridized carbons (Fsp3) is 0.258. The maximum Gasteiger partial charge on any atom is 0.284 e. The average molecular weight is 602 g/mol. The monoisotopic (exact) mass is 601 g/mol. The Labute approximate surface area is 256 Å². The highest BCUT2D eigenvalue weighted by Crippen LogP contribution is 2.39.